The standard InChI is InChI=1S/C17H22ClN3O4/c1-24-8-6-20-11-21(10-16(20)22)17(23)19-14-3-2-7-25-15-9-12(18)4-5-13(14)15/h4-5,9,14H,2-3,6-8,10-11H2,1H3,(H,19,23). The third-order valence-corrected chi connectivity index (χ3v) is 4.65. The molecular formula is C17H22ClN3O4. The lowest BCUT2D eigenvalue weighted by atomic mass is 10.0. The van der Waals surface area contributed by atoms with Crippen molar-refractivity contribution in [3.05, 3.63) is 28.8 Å². The van der Waals surface area contributed by atoms with Crippen LogP contribution >= 0.6 is 11.6 Å². The maximum Gasteiger partial charge on any atom is 0.319 e. The number of amides is 3. The lowest BCUT2D eigenvalue weighted by molar-refractivity contribution is -0.127. The zero-order chi connectivity index (χ0) is 17.8. The second-order valence-corrected chi connectivity index (χ2v) is 6.60. The second kappa shape index (κ2) is 7.93. The molecule has 8 heteroatoms. The summed E-state index contributed by atoms with van der Waals surface area (Å²) in [6.45, 7) is 1.90. The van der Waals surface area contributed by atoms with Crippen LogP contribution in [-0.2, 0) is 9.53 Å². The number of nitrogens with zero attached hydrogens (tertiary/aromatic N) is 2. The van der Waals surface area contributed by atoms with Crippen LogP contribution in [0.3, 0.4) is 0 Å². The van der Waals surface area contributed by atoms with E-state index in [1.807, 2.05) is 6.07 Å². The zero-order valence-electron chi connectivity index (χ0n) is 14.2. The number of benzene rings is 1. The van der Waals surface area contributed by atoms with E-state index < -0.39 is 0 Å². The van der Waals surface area contributed by atoms with Crippen molar-refractivity contribution in [3.8, 4) is 5.75 Å². The fraction of sp³-hybridized carbons (Fsp3) is 0.529. The van der Waals surface area contributed by atoms with Crippen LogP contribution in [0.2, 0.25) is 5.02 Å². The van der Waals surface area contributed by atoms with Gasteiger partial charge in [0.05, 0.1) is 25.9 Å². The molecular weight excluding hydrogens is 346 g/mol. The van der Waals surface area contributed by atoms with Gasteiger partial charge in [0.2, 0.25) is 5.91 Å². The van der Waals surface area contributed by atoms with Crippen molar-refractivity contribution in [2.45, 2.75) is 18.9 Å². The van der Waals surface area contributed by atoms with Gasteiger partial charge in [-0.25, -0.2) is 4.79 Å². The molecule has 3 amide bonds. The van der Waals surface area contributed by atoms with Crippen LogP contribution in [0.5, 0.6) is 5.75 Å². The first-order valence-corrected chi connectivity index (χ1v) is 8.70. The Balaban J connectivity index is 1.66. The SMILES string of the molecule is COCCN1CN(C(=O)NC2CCCOc3cc(Cl)ccc32)CC1=O. The van der Waals surface area contributed by atoms with E-state index in [9.17, 15) is 9.59 Å². The largest absolute Gasteiger partial charge is 0.493 e. The van der Waals surface area contributed by atoms with E-state index in [1.54, 1.807) is 24.1 Å². The molecule has 1 atom stereocenters. The number of carbonyl (C=O) groups excluding carboxylic acids is 2. The lowest BCUT2D eigenvalue weighted by Gasteiger charge is -2.23. The van der Waals surface area contributed by atoms with Gasteiger partial charge in [0, 0.05) is 24.2 Å². The molecule has 3 rings (SSSR count). The molecule has 1 unspecified atom stereocenters. The number of hydrogen-bond acceptors (Lipinski definition) is 4. The van der Waals surface area contributed by atoms with Gasteiger partial charge in [0.25, 0.3) is 0 Å². The van der Waals surface area contributed by atoms with Crippen LogP contribution in [0.4, 0.5) is 4.79 Å². The Kier molecular flexibility index (Phi) is 5.65. The Hall–Kier alpha value is -1.99. The summed E-state index contributed by atoms with van der Waals surface area (Å²) in [6, 6.07) is 5.04. The van der Waals surface area contributed by atoms with Crippen LogP contribution in [0.1, 0.15) is 24.4 Å². The smallest absolute Gasteiger partial charge is 0.319 e. The average molecular weight is 368 g/mol. The third kappa shape index (κ3) is 4.16. The molecule has 1 N–H and O–H groups in total. The van der Waals surface area contributed by atoms with E-state index in [0.717, 1.165) is 18.4 Å². The molecule has 0 spiro atoms. The summed E-state index contributed by atoms with van der Waals surface area (Å²) in [7, 11) is 1.59. The number of urea groups is 1. The van der Waals surface area contributed by atoms with Gasteiger partial charge in [0.1, 0.15) is 12.3 Å². The fourth-order valence-electron chi connectivity index (χ4n) is 3.07. The van der Waals surface area contributed by atoms with Crippen molar-refractivity contribution in [2.75, 3.05) is 40.1 Å². The molecule has 1 aromatic rings. The van der Waals surface area contributed by atoms with Gasteiger partial charge in [-0.15, -0.1) is 0 Å². The number of carbonyl (C=O) groups is 2. The van der Waals surface area contributed by atoms with Crippen molar-refractivity contribution in [2.24, 2.45) is 0 Å². The van der Waals surface area contributed by atoms with Gasteiger partial charge in [-0.2, -0.15) is 0 Å². The Labute approximate surface area is 151 Å². The monoisotopic (exact) mass is 367 g/mol. The highest BCUT2D eigenvalue weighted by atomic mass is 35.5. The van der Waals surface area contributed by atoms with E-state index in [1.165, 1.54) is 4.90 Å². The molecule has 0 radical (unpaired) electrons. The number of ether oxygens (including phenoxy) is 2. The summed E-state index contributed by atoms with van der Waals surface area (Å²) >= 11 is 6.03. The number of rotatable bonds is 4. The number of hydrogen-bond donors (Lipinski definition) is 1. The summed E-state index contributed by atoms with van der Waals surface area (Å²) < 4.78 is 10.7. The van der Waals surface area contributed by atoms with Gasteiger partial charge in [-0.05, 0) is 25.0 Å². The van der Waals surface area contributed by atoms with Crippen LogP contribution in [0.25, 0.3) is 0 Å². The van der Waals surface area contributed by atoms with E-state index in [2.05, 4.69) is 5.32 Å². The molecule has 25 heavy (non-hydrogen) atoms. The molecule has 0 saturated carbocycles. The average Bonchev–Trinajstić information content (AvgIpc) is 2.85. The molecule has 0 bridgehead atoms. The van der Waals surface area contributed by atoms with Gasteiger partial charge in [0.15, 0.2) is 0 Å². The summed E-state index contributed by atoms with van der Waals surface area (Å²) in [5, 5.41) is 3.63. The molecule has 7 nitrogen and oxygen atoms in total. The molecule has 2 aliphatic rings. The van der Waals surface area contributed by atoms with Crippen LogP contribution < -0.4 is 10.1 Å². The summed E-state index contributed by atoms with van der Waals surface area (Å²) in [6.07, 6.45) is 1.60. The van der Waals surface area contributed by atoms with Crippen molar-refractivity contribution in [3.63, 3.8) is 0 Å². The maximum atomic E-state index is 12.6. The van der Waals surface area contributed by atoms with Crippen molar-refractivity contribution < 1.29 is 19.1 Å². The van der Waals surface area contributed by atoms with Crippen LogP contribution in [0.15, 0.2) is 18.2 Å². The summed E-state index contributed by atoms with van der Waals surface area (Å²) in [5.74, 6) is 0.637. The molecule has 136 valence electrons. The zero-order valence-corrected chi connectivity index (χ0v) is 14.9. The van der Waals surface area contributed by atoms with E-state index in [4.69, 9.17) is 21.1 Å². The minimum absolute atomic E-state index is 0.0661. The van der Waals surface area contributed by atoms with Crippen molar-refractivity contribution in [1.82, 2.24) is 15.1 Å². The second-order valence-electron chi connectivity index (χ2n) is 6.16. The Morgan fingerprint density at radius 3 is 3.12 bits per heavy atom. The maximum absolute atomic E-state index is 12.6. The predicted octanol–water partition coefficient (Wildman–Crippen LogP) is 2.01. The number of fused-ring (bicyclic) bond motifs is 1. The molecule has 2 aliphatic heterocycles. The van der Waals surface area contributed by atoms with Crippen LogP contribution in [-0.4, -0.2) is 61.8 Å². The molecule has 0 aromatic heterocycles. The van der Waals surface area contributed by atoms with Gasteiger partial charge in [-0.1, -0.05) is 17.7 Å². The fourth-order valence-corrected chi connectivity index (χ4v) is 3.23. The first-order valence-electron chi connectivity index (χ1n) is 8.33. The summed E-state index contributed by atoms with van der Waals surface area (Å²) in [4.78, 5) is 27.7. The predicted molar refractivity (Wildman–Crippen MR) is 92.6 cm³/mol. The Morgan fingerprint density at radius 2 is 2.32 bits per heavy atom. The lowest BCUT2D eigenvalue weighted by Crippen LogP contribution is -2.41. The van der Waals surface area contributed by atoms with Crippen LogP contribution in [0, 0.1) is 0 Å². The van der Waals surface area contributed by atoms with Crippen molar-refractivity contribution in [1.29, 1.82) is 0 Å². The quantitative estimate of drug-likeness (QED) is 0.883. The van der Waals surface area contributed by atoms with Gasteiger partial charge in [-0.3, -0.25) is 9.69 Å². The highest BCUT2D eigenvalue weighted by Crippen LogP contribution is 2.33. The molecule has 1 aromatic carbocycles. The first kappa shape index (κ1) is 17.8. The normalized spacial score (nSPS) is 20.1. The van der Waals surface area contributed by atoms with E-state index in [0.29, 0.717) is 30.5 Å². The molecule has 2 heterocycles. The highest BCUT2D eigenvalue weighted by Gasteiger charge is 2.32. The summed E-state index contributed by atoms with van der Waals surface area (Å²) in [5.41, 5.74) is 0.914. The van der Waals surface area contributed by atoms with Gasteiger partial charge < -0.3 is 19.7 Å². The van der Waals surface area contributed by atoms with Crippen molar-refractivity contribution >= 4 is 23.5 Å². The van der Waals surface area contributed by atoms with E-state index in [-0.39, 0.29) is 31.2 Å². The molecule has 1 saturated heterocycles. The number of halogens is 1. The topological polar surface area (TPSA) is 71.1 Å². The van der Waals surface area contributed by atoms with E-state index >= 15 is 0 Å². The first-order chi connectivity index (χ1) is 12.1. The Bertz CT molecular complexity index is 655. The minimum Gasteiger partial charge on any atom is -0.493 e. The van der Waals surface area contributed by atoms with Gasteiger partial charge >= 0.3 is 6.03 Å². The number of methoxy groups -OCH3 is 1. The third-order valence-electron chi connectivity index (χ3n) is 4.42. The highest BCUT2D eigenvalue weighted by molar-refractivity contribution is 6.30. The minimum atomic E-state index is -0.249. The number of nitrogens with one attached hydrogen (secondary N) is 1. The Morgan fingerprint density at radius 1 is 1.48 bits per heavy atom. The molecule has 1 fully saturated rings. The molecule has 0 aliphatic carbocycles.